The molecule has 2 unspecified atom stereocenters. The lowest BCUT2D eigenvalue weighted by atomic mass is 10.1. The predicted octanol–water partition coefficient (Wildman–Crippen LogP) is 10.4. The van der Waals surface area contributed by atoms with Crippen LogP contribution in [-0.2, 0) is 4.79 Å². The number of nitrogens with one attached hydrogen (secondary N) is 1. The van der Waals surface area contributed by atoms with Gasteiger partial charge in [0.2, 0.25) is 5.91 Å². The van der Waals surface area contributed by atoms with Gasteiger partial charge in [0.25, 0.3) is 0 Å². The fraction of sp³-hybridized carbons (Fsp3) is 0.667. The first-order chi connectivity index (χ1) is 21.2. The standard InChI is InChI=1S/C39H67NO3/c1-3-5-7-9-11-13-15-16-17-18-19-20-21-22-23-24-25-27-29-31-33-35-39(43)40-37(36-41)38(42)34-32-30-28-26-14-12-10-8-6-4-2/h5,7,11,13,16-17,19-20,22-23,32,34,37-38,41-42H,3-4,6,8-10,12,14-15,18,21,24-31,33,35-36H2,1-2H3,(H,40,43)/b7-5-,13-11-,17-16-,20-19-,23-22-,34-32+. The second kappa shape index (κ2) is 34.3. The van der Waals surface area contributed by atoms with E-state index >= 15 is 0 Å². The monoisotopic (exact) mass is 598 g/mol. The topological polar surface area (TPSA) is 69.6 Å². The second-order valence-electron chi connectivity index (χ2n) is 11.6. The van der Waals surface area contributed by atoms with Crippen LogP contribution in [0.4, 0.5) is 0 Å². The number of rotatable bonds is 30. The highest BCUT2D eigenvalue weighted by Crippen LogP contribution is 2.11. The third-order valence-corrected chi connectivity index (χ3v) is 7.45. The van der Waals surface area contributed by atoms with Gasteiger partial charge in [-0.1, -0.05) is 151 Å². The maximum atomic E-state index is 12.3. The Bertz CT molecular complexity index is 777. The van der Waals surface area contributed by atoms with Gasteiger partial charge in [-0.2, -0.15) is 0 Å². The van der Waals surface area contributed by atoms with Gasteiger partial charge in [0.15, 0.2) is 0 Å². The lowest BCUT2D eigenvalue weighted by molar-refractivity contribution is -0.123. The van der Waals surface area contributed by atoms with Crippen LogP contribution in [0, 0.1) is 0 Å². The first kappa shape index (κ1) is 40.8. The minimum atomic E-state index is -0.848. The van der Waals surface area contributed by atoms with Gasteiger partial charge in [-0.3, -0.25) is 4.79 Å². The zero-order valence-corrected chi connectivity index (χ0v) is 27.9. The van der Waals surface area contributed by atoms with Gasteiger partial charge in [-0.25, -0.2) is 0 Å². The SMILES string of the molecule is CC/C=C\C/C=C\C/C=C\C/C=C\C/C=C\CCCCCCCC(=O)NC(CO)C(O)/C=C/CCCCCCCCCC. The molecule has 0 aromatic rings. The number of aliphatic hydroxyl groups excluding tert-OH is 2. The summed E-state index contributed by atoms with van der Waals surface area (Å²) in [6.07, 6.45) is 48.4. The van der Waals surface area contributed by atoms with Crippen molar-refractivity contribution in [2.75, 3.05) is 6.61 Å². The first-order valence-electron chi connectivity index (χ1n) is 17.7. The number of hydrogen-bond acceptors (Lipinski definition) is 3. The number of carbonyl (C=O) groups excluding carboxylic acids is 1. The average molecular weight is 598 g/mol. The molecule has 1 amide bonds. The van der Waals surface area contributed by atoms with E-state index < -0.39 is 12.1 Å². The van der Waals surface area contributed by atoms with Gasteiger partial charge in [0, 0.05) is 6.42 Å². The van der Waals surface area contributed by atoms with Crippen molar-refractivity contribution in [3.63, 3.8) is 0 Å². The van der Waals surface area contributed by atoms with Crippen LogP contribution in [-0.4, -0.2) is 34.9 Å². The molecular weight excluding hydrogens is 530 g/mol. The number of amides is 1. The van der Waals surface area contributed by atoms with E-state index in [1.54, 1.807) is 6.08 Å². The van der Waals surface area contributed by atoms with Crippen molar-refractivity contribution in [2.45, 2.75) is 161 Å². The Hall–Kier alpha value is -2.17. The van der Waals surface area contributed by atoms with E-state index in [1.807, 2.05) is 6.08 Å². The number of unbranched alkanes of at least 4 members (excludes halogenated alkanes) is 13. The van der Waals surface area contributed by atoms with Crippen LogP contribution in [0.2, 0.25) is 0 Å². The van der Waals surface area contributed by atoms with E-state index in [2.05, 4.69) is 79.9 Å². The Kier molecular flexibility index (Phi) is 32.6. The molecule has 246 valence electrons. The predicted molar refractivity (Wildman–Crippen MR) is 188 cm³/mol. The molecule has 4 nitrogen and oxygen atoms in total. The Morgan fingerprint density at radius 3 is 1.53 bits per heavy atom. The van der Waals surface area contributed by atoms with Crippen LogP contribution in [0.3, 0.4) is 0 Å². The highest BCUT2D eigenvalue weighted by atomic mass is 16.3. The summed E-state index contributed by atoms with van der Waals surface area (Å²) in [7, 11) is 0. The largest absolute Gasteiger partial charge is 0.394 e. The fourth-order valence-corrected chi connectivity index (χ4v) is 4.73. The van der Waals surface area contributed by atoms with Crippen molar-refractivity contribution in [2.24, 2.45) is 0 Å². The van der Waals surface area contributed by atoms with Crippen molar-refractivity contribution >= 4 is 5.91 Å². The Labute approximate surface area is 266 Å². The minimum absolute atomic E-state index is 0.0895. The molecule has 43 heavy (non-hydrogen) atoms. The average Bonchev–Trinajstić information content (AvgIpc) is 3.01. The molecule has 4 heteroatoms. The number of allylic oxidation sites excluding steroid dienone is 11. The molecule has 3 N–H and O–H groups in total. The third-order valence-electron chi connectivity index (χ3n) is 7.45. The summed E-state index contributed by atoms with van der Waals surface area (Å²) >= 11 is 0. The van der Waals surface area contributed by atoms with Crippen molar-refractivity contribution in [1.82, 2.24) is 5.32 Å². The van der Waals surface area contributed by atoms with Crippen LogP contribution < -0.4 is 5.32 Å². The van der Waals surface area contributed by atoms with E-state index in [0.717, 1.165) is 70.6 Å². The summed E-state index contributed by atoms with van der Waals surface area (Å²) in [6.45, 7) is 4.14. The van der Waals surface area contributed by atoms with Gasteiger partial charge in [-0.15, -0.1) is 0 Å². The van der Waals surface area contributed by atoms with Crippen LogP contribution in [0.1, 0.15) is 149 Å². The molecule has 0 saturated carbocycles. The molecule has 0 aliphatic heterocycles. The van der Waals surface area contributed by atoms with Gasteiger partial charge in [0.05, 0.1) is 18.8 Å². The molecule has 0 aliphatic rings. The van der Waals surface area contributed by atoms with Crippen LogP contribution in [0.15, 0.2) is 72.9 Å². The van der Waals surface area contributed by atoms with Gasteiger partial charge in [0.1, 0.15) is 0 Å². The molecule has 0 heterocycles. The van der Waals surface area contributed by atoms with Crippen molar-refractivity contribution in [1.29, 1.82) is 0 Å². The Morgan fingerprint density at radius 1 is 0.581 bits per heavy atom. The molecule has 0 saturated heterocycles. The fourth-order valence-electron chi connectivity index (χ4n) is 4.73. The maximum Gasteiger partial charge on any atom is 0.220 e. The summed E-state index contributed by atoms with van der Waals surface area (Å²) in [5.41, 5.74) is 0. The van der Waals surface area contributed by atoms with Crippen molar-refractivity contribution in [3.05, 3.63) is 72.9 Å². The van der Waals surface area contributed by atoms with Gasteiger partial charge in [-0.05, 0) is 64.2 Å². The molecule has 0 aliphatic carbocycles. The molecule has 0 aromatic carbocycles. The van der Waals surface area contributed by atoms with Crippen LogP contribution >= 0.6 is 0 Å². The summed E-state index contributed by atoms with van der Waals surface area (Å²) in [6, 6.07) is -0.634. The van der Waals surface area contributed by atoms with E-state index in [9.17, 15) is 15.0 Å². The van der Waals surface area contributed by atoms with E-state index in [4.69, 9.17) is 0 Å². The molecule has 2 atom stereocenters. The van der Waals surface area contributed by atoms with E-state index in [0.29, 0.717) is 6.42 Å². The van der Waals surface area contributed by atoms with Gasteiger partial charge < -0.3 is 15.5 Å². The van der Waals surface area contributed by atoms with Crippen molar-refractivity contribution < 1.29 is 15.0 Å². The molecule has 0 radical (unpaired) electrons. The molecule has 0 rings (SSSR count). The lowest BCUT2D eigenvalue weighted by Gasteiger charge is -2.20. The zero-order valence-electron chi connectivity index (χ0n) is 27.9. The Balaban J connectivity index is 3.72. The Morgan fingerprint density at radius 2 is 1.02 bits per heavy atom. The summed E-state index contributed by atoms with van der Waals surface area (Å²) < 4.78 is 0. The molecule has 0 spiro atoms. The number of carbonyl (C=O) groups is 1. The normalized spacial score (nSPS) is 14.0. The lowest BCUT2D eigenvalue weighted by Crippen LogP contribution is -2.45. The summed E-state index contributed by atoms with van der Waals surface area (Å²) in [5, 5.41) is 22.8. The number of aliphatic hydroxyl groups is 2. The van der Waals surface area contributed by atoms with Crippen molar-refractivity contribution in [3.8, 4) is 0 Å². The molecular formula is C39H67NO3. The first-order valence-corrected chi connectivity index (χ1v) is 17.7. The smallest absolute Gasteiger partial charge is 0.220 e. The zero-order chi connectivity index (χ0) is 31.5. The highest BCUT2D eigenvalue weighted by Gasteiger charge is 2.17. The molecule has 0 aromatic heterocycles. The second-order valence-corrected chi connectivity index (χ2v) is 11.6. The molecule has 0 bridgehead atoms. The van der Waals surface area contributed by atoms with E-state index in [-0.39, 0.29) is 12.5 Å². The van der Waals surface area contributed by atoms with E-state index in [1.165, 1.54) is 57.8 Å². The third kappa shape index (κ3) is 31.1. The molecule has 0 fully saturated rings. The minimum Gasteiger partial charge on any atom is -0.394 e. The summed E-state index contributed by atoms with van der Waals surface area (Å²) in [5.74, 6) is -0.0895. The van der Waals surface area contributed by atoms with Crippen LogP contribution in [0.25, 0.3) is 0 Å². The highest BCUT2D eigenvalue weighted by molar-refractivity contribution is 5.76. The van der Waals surface area contributed by atoms with Gasteiger partial charge >= 0.3 is 0 Å². The maximum absolute atomic E-state index is 12.3. The number of hydrogen-bond donors (Lipinski definition) is 3. The summed E-state index contributed by atoms with van der Waals surface area (Å²) in [4.78, 5) is 12.3. The quantitative estimate of drug-likeness (QED) is 0.0570. The van der Waals surface area contributed by atoms with Crippen LogP contribution in [0.5, 0.6) is 0 Å².